The molecule has 0 amide bonds. The van der Waals surface area contributed by atoms with Crippen LogP contribution in [0.3, 0.4) is 0 Å². The minimum atomic E-state index is -0.334. The van der Waals surface area contributed by atoms with Gasteiger partial charge in [0, 0.05) is 11.1 Å². The predicted molar refractivity (Wildman–Crippen MR) is 88.5 cm³/mol. The molecule has 0 N–H and O–H groups in total. The van der Waals surface area contributed by atoms with Crippen molar-refractivity contribution in [1.29, 1.82) is 0 Å². The molecule has 3 rings (SSSR count). The Labute approximate surface area is 146 Å². The molecule has 0 aliphatic heterocycles. The molecular weight excluding hydrogens is 356 g/mol. The van der Waals surface area contributed by atoms with Crippen molar-refractivity contribution in [2.24, 2.45) is 5.16 Å². The molecule has 3 aromatic rings. The summed E-state index contributed by atoms with van der Waals surface area (Å²) >= 11 is 11.9. The fourth-order valence-corrected chi connectivity index (χ4v) is 2.19. The average molecular weight is 366 g/mol. The van der Waals surface area contributed by atoms with Gasteiger partial charge in [0.25, 0.3) is 5.89 Å². The Morgan fingerprint density at radius 1 is 1.17 bits per heavy atom. The van der Waals surface area contributed by atoms with E-state index < -0.39 is 0 Å². The van der Waals surface area contributed by atoms with Crippen molar-refractivity contribution in [2.75, 3.05) is 0 Å². The number of benzene rings is 2. The van der Waals surface area contributed by atoms with Crippen LogP contribution < -0.4 is 0 Å². The van der Waals surface area contributed by atoms with Crippen molar-refractivity contribution in [3.8, 4) is 11.4 Å². The molecule has 1 aromatic heterocycles. The molecule has 122 valence electrons. The summed E-state index contributed by atoms with van der Waals surface area (Å²) in [5.41, 5.74) is 1.27. The molecule has 0 saturated heterocycles. The van der Waals surface area contributed by atoms with Gasteiger partial charge in [-0.1, -0.05) is 45.6 Å². The van der Waals surface area contributed by atoms with Crippen LogP contribution in [0.25, 0.3) is 11.4 Å². The Bertz CT molecular complexity index is 866. The van der Waals surface area contributed by atoms with Gasteiger partial charge in [0.1, 0.15) is 5.82 Å². The second kappa shape index (κ2) is 7.42. The van der Waals surface area contributed by atoms with Crippen LogP contribution in [0, 0.1) is 5.82 Å². The number of nitrogens with zero attached hydrogens (tertiary/aromatic N) is 3. The first-order valence-electron chi connectivity index (χ1n) is 6.81. The van der Waals surface area contributed by atoms with Crippen molar-refractivity contribution in [3.63, 3.8) is 0 Å². The Morgan fingerprint density at radius 2 is 1.96 bits per heavy atom. The lowest BCUT2D eigenvalue weighted by molar-refractivity contribution is 0.107. The van der Waals surface area contributed by atoms with E-state index >= 15 is 0 Å². The molecule has 1 heterocycles. The SMILES string of the molecule is Fc1ccc(-c2noc(CO/N=C\c3cccc(Cl)c3Cl)n2)cc1. The van der Waals surface area contributed by atoms with Crippen molar-refractivity contribution < 1.29 is 13.8 Å². The predicted octanol–water partition coefficient (Wildman–Crippen LogP) is 4.73. The van der Waals surface area contributed by atoms with Crippen molar-refractivity contribution in [1.82, 2.24) is 10.1 Å². The molecule has 0 aliphatic rings. The van der Waals surface area contributed by atoms with Crippen LogP contribution in [0.4, 0.5) is 4.39 Å². The third-order valence-corrected chi connectivity index (χ3v) is 3.84. The zero-order valence-electron chi connectivity index (χ0n) is 12.1. The van der Waals surface area contributed by atoms with E-state index in [0.717, 1.165) is 0 Å². The smallest absolute Gasteiger partial charge is 0.267 e. The van der Waals surface area contributed by atoms with Crippen molar-refractivity contribution in [3.05, 3.63) is 69.8 Å². The highest BCUT2D eigenvalue weighted by atomic mass is 35.5. The molecule has 0 atom stereocenters. The quantitative estimate of drug-likeness (QED) is 0.484. The van der Waals surface area contributed by atoms with E-state index in [4.69, 9.17) is 32.6 Å². The topological polar surface area (TPSA) is 60.5 Å². The summed E-state index contributed by atoms with van der Waals surface area (Å²) in [6.07, 6.45) is 1.44. The van der Waals surface area contributed by atoms with E-state index in [2.05, 4.69) is 15.3 Å². The molecule has 0 saturated carbocycles. The third-order valence-electron chi connectivity index (χ3n) is 3.01. The molecule has 2 aromatic carbocycles. The summed E-state index contributed by atoms with van der Waals surface area (Å²) in [5, 5.41) is 8.41. The zero-order chi connectivity index (χ0) is 16.9. The number of hydrogen-bond acceptors (Lipinski definition) is 5. The van der Waals surface area contributed by atoms with Gasteiger partial charge in [-0.2, -0.15) is 4.98 Å². The fraction of sp³-hybridized carbons (Fsp3) is 0.0625. The molecule has 0 aliphatic carbocycles. The number of rotatable bonds is 5. The van der Waals surface area contributed by atoms with E-state index in [9.17, 15) is 4.39 Å². The first-order valence-corrected chi connectivity index (χ1v) is 7.57. The van der Waals surface area contributed by atoms with E-state index in [1.54, 1.807) is 30.3 Å². The zero-order valence-corrected chi connectivity index (χ0v) is 13.6. The summed E-state index contributed by atoms with van der Waals surface area (Å²) in [7, 11) is 0. The molecule has 0 bridgehead atoms. The standard InChI is InChI=1S/C16H10Cl2FN3O2/c17-13-3-1-2-11(15(13)18)8-20-23-9-14-21-16(22-24-14)10-4-6-12(19)7-5-10/h1-8H,9H2/b20-8-. The van der Waals surface area contributed by atoms with Gasteiger partial charge in [-0.25, -0.2) is 4.39 Å². The molecular formula is C16H10Cl2FN3O2. The number of oxime groups is 1. The van der Waals surface area contributed by atoms with E-state index in [0.29, 0.717) is 27.0 Å². The van der Waals surface area contributed by atoms with Crippen LogP contribution >= 0.6 is 23.2 Å². The number of aromatic nitrogens is 2. The maximum Gasteiger partial charge on any atom is 0.267 e. The molecule has 8 heteroatoms. The highest BCUT2D eigenvalue weighted by Gasteiger charge is 2.09. The lowest BCUT2D eigenvalue weighted by Crippen LogP contribution is -1.90. The van der Waals surface area contributed by atoms with Gasteiger partial charge < -0.3 is 9.36 Å². The van der Waals surface area contributed by atoms with Gasteiger partial charge in [-0.3, -0.25) is 0 Å². The molecule has 0 radical (unpaired) electrons. The Morgan fingerprint density at radius 3 is 2.75 bits per heavy atom. The van der Waals surface area contributed by atoms with Gasteiger partial charge in [0.15, 0.2) is 6.61 Å². The number of hydrogen-bond donors (Lipinski definition) is 0. The van der Waals surface area contributed by atoms with Crippen molar-refractivity contribution >= 4 is 29.4 Å². The highest BCUT2D eigenvalue weighted by molar-refractivity contribution is 6.43. The molecule has 0 fully saturated rings. The summed E-state index contributed by atoms with van der Waals surface area (Å²) in [6, 6.07) is 10.9. The first-order chi connectivity index (χ1) is 11.6. The van der Waals surface area contributed by atoms with Crippen LogP contribution in [0.15, 0.2) is 52.1 Å². The normalized spacial score (nSPS) is 11.1. The van der Waals surface area contributed by atoms with Crippen LogP contribution in [0.5, 0.6) is 0 Å². The van der Waals surface area contributed by atoms with E-state index in [1.807, 2.05) is 0 Å². The Balaban J connectivity index is 1.60. The maximum atomic E-state index is 12.9. The monoisotopic (exact) mass is 365 g/mol. The summed E-state index contributed by atoms with van der Waals surface area (Å²) in [4.78, 5) is 9.24. The third kappa shape index (κ3) is 3.90. The second-order valence-corrected chi connectivity index (χ2v) is 5.45. The van der Waals surface area contributed by atoms with E-state index in [-0.39, 0.29) is 18.3 Å². The van der Waals surface area contributed by atoms with Gasteiger partial charge in [0.05, 0.1) is 16.3 Å². The highest BCUT2D eigenvalue weighted by Crippen LogP contribution is 2.24. The Kier molecular flexibility index (Phi) is 5.08. The lowest BCUT2D eigenvalue weighted by atomic mass is 10.2. The molecule has 5 nitrogen and oxygen atoms in total. The first kappa shape index (κ1) is 16.4. The average Bonchev–Trinajstić information content (AvgIpc) is 3.05. The maximum absolute atomic E-state index is 12.9. The van der Waals surface area contributed by atoms with Crippen molar-refractivity contribution in [2.45, 2.75) is 6.61 Å². The number of halogens is 3. The van der Waals surface area contributed by atoms with Gasteiger partial charge in [-0.15, -0.1) is 0 Å². The van der Waals surface area contributed by atoms with Gasteiger partial charge in [-0.05, 0) is 30.3 Å². The largest absolute Gasteiger partial charge is 0.386 e. The Hall–Kier alpha value is -2.44. The van der Waals surface area contributed by atoms with Crippen LogP contribution in [-0.4, -0.2) is 16.4 Å². The molecule has 0 spiro atoms. The van der Waals surface area contributed by atoms with Gasteiger partial charge >= 0.3 is 0 Å². The van der Waals surface area contributed by atoms with Gasteiger partial charge in [0.2, 0.25) is 5.82 Å². The second-order valence-electron chi connectivity index (χ2n) is 4.67. The minimum Gasteiger partial charge on any atom is -0.386 e. The van der Waals surface area contributed by atoms with E-state index in [1.165, 1.54) is 18.3 Å². The minimum absolute atomic E-state index is 0.0110. The van der Waals surface area contributed by atoms with Crippen LogP contribution in [0.2, 0.25) is 10.0 Å². The summed E-state index contributed by atoms with van der Waals surface area (Å²) < 4.78 is 17.9. The fourth-order valence-electron chi connectivity index (χ4n) is 1.84. The molecule has 0 unspecified atom stereocenters. The lowest BCUT2D eigenvalue weighted by Gasteiger charge is -1.99. The van der Waals surface area contributed by atoms with Crippen LogP contribution in [0.1, 0.15) is 11.5 Å². The summed E-state index contributed by atoms with van der Waals surface area (Å²) in [6.45, 7) is -0.0110. The summed E-state index contributed by atoms with van der Waals surface area (Å²) in [5.74, 6) is 0.249. The molecule has 24 heavy (non-hydrogen) atoms. The van der Waals surface area contributed by atoms with Crippen LogP contribution in [-0.2, 0) is 11.4 Å².